The van der Waals surface area contributed by atoms with Crippen molar-refractivity contribution in [1.29, 1.82) is 0 Å². The molecule has 0 aliphatic rings. The highest BCUT2D eigenvalue weighted by Gasteiger charge is 2.18. The summed E-state index contributed by atoms with van der Waals surface area (Å²) >= 11 is 3.45. The van der Waals surface area contributed by atoms with E-state index in [-0.39, 0.29) is 12.4 Å². The summed E-state index contributed by atoms with van der Waals surface area (Å²) in [6.45, 7) is 7.08. The van der Waals surface area contributed by atoms with E-state index in [1.807, 2.05) is 28.9 Å². The summed E-state index contributed by atoms with van der Waals surface area (Å²) in [4.78, 5) is 16.4. The Kier molecular flexibility index (Phi) is 9.69. The zero-order valence-electron chi connectivity index (χ0n) is 20.5. The van der Waals surface area contributed by atoms with Crippen LogP contribution in [-0.4, -0.2) is 34.5 Å². The van der Waals surface area contributed by atoms with Gasteiger partial charge in [-0.05, 0) is 71.3 Å². The molecule has 0 fully saturated rings. The quantitative estimate of drug-likeness (QED) is 0.206. The molecule has 182 valence electrons. The van der Waals surface area contributed by atoms with Crippen molar-refractivity contribution in [1.82, 2.24) is 14.8 Å². The number of carbonyl (C=O) groups is 1. The Morgan fingerprint density at radius 3 is 2.50 bits per heavy atom. The minimum Gasteiger partial charge on any atom is -0.493 e. The first-order chi connectivity index (χ1) is 16.5. The lowest BCUT2D eigenvalue weighted by atomic mass is 9.95. The Morgan fingerprint density at radius 1 is 1.09 bits per heavy atom. The molecule has 34 heavy (non-hydrogen) atoms. The van der Waals surface area contributed by atoms with Gasteiger partial charge in [0.05, 0.1) is 25.8 Å². The molecule has 0 radical (unpaired) electrons. The molecular weight excluding hydrogens is 494 g/mol. The van der Waals surface area contributed by atoms with Gasteiger partial charge in [0.25, 0.3) is 0 Å². The molecule has 0 saturated heterocycles. The van der Waals surface area contributed by atoms with E-state index in [0.29, 0.717) is 12.5 Å². The third kappa shape index (κ3) is 6.47. The fourth-order valence-electron chi connectivity index (χ4n) is 4.16. The number of rotatable bonds is 12. The third-order valence-electron chi connectivity index (χ3n) is 6.10. The molecule has 0 N–H and O–H groups in total. The number of hydrogen-bond donors (Lipinski definition) is 0. The summed E-state index contributed by atoms with van der Waals surface area (Å²) in [6.07, 6.45) is 8.76. The summed E-state index contributed by atoms with van der Waals surface area (Å²) in [5.41, 5.74) is 4.36. The van der Waals surface area contributed by atoms with E-state index >= 15 is 0 Å². The van der Waals surface area contributed by atoms with Gasteiger partial charge in [-0.15, -0.1) is 0 Å². The van der Waals surface area contributed by atoms with Gasteiger partial charge >= 0.3 is 5.97 Å². The van der Waals surface area contributed by atoms with Crippen molar-refractivity contribution in [2.75, 3.05) is 13.7 Å². The Hall–Kier alpha value is -2.67. The number of hydrogen-bond acceptors (Lipinski definition) is 5. The molecule has 3 rings (SSSR count). The predicted octanol–water partition coefficient (Wildman–Crippen LogP) is 6.22. The lowest BCUT2D eigenvalue weighted by Gasteiger charge is -2.15. The molecule has 2 aromatic heterocycles. The summed E-state index contributed by atoms with van der Waals surface area (Å²) in [7, 11) is 1.41. The molecule has 0 aliphatic carbocycles. The number of para-hydroxylation sites is 1. The van der Waals surface area contributed by atoms with Crippen LogP contribution >= 0.6 is 15.9 Å². The fraction of sp³-hybridized carbons (Fsp3) is 0.444. The van der Waals surface area contributed by atoms with Crippen molar-refractivity contribution in [3.8, 4) is 11.6 Å². The van der Waals surface area contributed by atoms with Crippen molar-refractivity contribution in [2.45, 2.75) is 65.2 Å². The van der Waals surface area contributed by atoms with Gasteiger partial charge in [0.2, 0.25) is 0 Å². The fourth-order valence-corrected chi connectivity index (χ4v) is 4.40. The van der Waals surface area contributed by atoms with Crippen LogP contribution in [0.15, 0.2) is 47.2 Å². The summed E-state index contributed by atoms with van der Waals surface area (Å²) in [6, 6.07) is 9.90. The average molecular weight is 528 g/mol. The smallest absolute Gasteiger partial charge is 0.310 e. The van der Waals surface area contributed by atoms with Gasteiger partial charge in [-0.25, -0.2) is 9.67 Å². The van der Waals surface area contributed by atoms with Gasteiger partial charge in [-0.3, -0.25) is 4.79 Å². The van der Waals surface area contributed by atoms with Crippen LogP contribution in [0.5, 0.6) is 5.75 Å². The van der Waals surface area contributed by atoms with Gasteiger partial charge in [0.1, 0.15) is 5.75 Å². The van der Waals surface area contributed by atoms with Crippen molar-refractivity contribution < 1.29 is 14.3 Å². The van der Waals surface area contributed by atoms with Crippen LogP contribution in [0.4, 0.5) is 0 Å². The minimum atomic E-state index is -0.262. The number of nitrogens with zero attached hydrogens (tertiary/aromatic N) is 3. The normalized spacial score (nSPS) is 11.1. The molecule has 2 heterocycles. The van der Waals surface area contributed by atoms with Crippen LogP contribution in [-0.2, 0) is 28.8 Å². The van der Waals surface area contributed by atoms with E-state index in [0.717, 1.165) is 65.0 Å². The van der Waals surface area contributed by atoms with Crippen molar-refractivity contribution in [3.05, 3.63) is 69.6 Å². The van der Waals surface area contributed by atoms with Gasteiger partial charge in [-0.1, -0.05) is 39.0 Å². The Balaban J connectivity index is 1.74. The van der Waals surface area contributed by atoms with Crippen LogP contribution in [0.1, 0.15) is 68.3 Å². The highest BCUT2D eigenvalue weighted by molar-refractivity contribution is 9.10. The summed E-state index contributed by atoms with van der Waals surface area (Å²) in [5, 5.41) is 4.92. The number of aromatic nitrogens is 3. The van der Waals surface area contributed by atoms with Crippen molar-refractivity contribution in [2.24, 2.45) is 0 Å². The molecule has 0 bridgehead atoms. The molecule has 3 aromatic rings. The van der Waals surface area contributed by atoms with E-state index in [2.05, 4.69) is 53.9 Å². The van der Waals surface area contributed by atoms with E-state index in [1.54, 1.807) is 6.20 Å². The monoisotopic (exact) mass is 527 g/mol. The SMILES string of the molecule is CCc1cccc(CC(=O)OC)c1OCCCc1cn(-c2ccc(Br)cn2)nc1C(CC)CC. The minimum absolute atomic E-state index is 0.214. The maximum atomic E-state index is 11.8. The number of esters is 1. The summed E-state index contributed by atoms with van der Waals surface area (Å²) < 4.78 is 13.9. The molecule has 0 aliphatic heterocycles. The van der Waals surface area contributed by atoms with Crippen LogP contribution in [0.2, 0.25) is 0 Å². The Labute approximate surface area is 210 Å². The largest absolute Gasteiger partial charge is 0.493 e. The van der Waals surface area contributed by atoms with Crippen LogP contribution in [0.25, 0.3) is 5.82 Å². The maximum Gasteiger partial charge on any atom is 0.310 e. The number of pyridine rings is 1. The first kappa shape index (κ1) is 25.9. The highest BCUT2D eigenvalue weighted by Crippen LogP contribution is 2.28. The lowest BCUT2D eigenvalue weighted by Crippen LogP contribution is -2.09. The zero-order valence-corrected chi connectivity index (χ0v) is 22.1. The zero-order chi connectivity index (χ0) is 24.5. The second kappa shape index (κ2) is 12.7. The molecule has 6 nitrogen and oxygen atoms in total. The van der Waals surface area contributed by atoms with Gasteiger partial charge in [0, 0.05) is 28.3 Å². The van der Waals surface area contributed by atoms with Crippen LogP contribution in [0.3, 0.4) is 0 Å². The number of halogens is 1. The van der Waals surface area contributed by atoms with Crippen molar-refractivity contribution in [3.63, 3.8) is 0 Å². The van der Waals surface area contributed by atoms with Gasteiger partial charge in [-0.2, -0.15) is 5.10 Å². The predicted molar refractivity (Wildman–Crippen MR) is 138 cm³/mol. The van der Waals surface area contributed by atoms with Gasteiger partial charge < -0.3 is 9.47 Å². The maximum absolute atomic E-state index is 11.8. The molecule has 0 saturated carbocycles. The second-order valence-corrected chi connectivity index (χ2v) is 9.21. The van der Waals surface area contributed by atoms with Crippen LogP contribution in [0, 0.1) is 0 Å². The molecule has 0 atom stereocenters. The first-order valence-corrected chi connectivity index (χ1v) is 12.8. The molecule has 0 spiro atoms. The first-order valence-electron chi connectivity index (χ1n) is 12.0. The number of carbonyl (C=O) groups excluding carboxylic acids is 1. The molecule has 0 amide bonds. The number of ether oxygens (including phenoxy) is 2. The van der Waals surface area contributed by atoms with Crippen LogP contribution < -0.4 is 4.74 Å². The van der Waals surface area contributed by atoms with E-state index < -0.39 is 0 Å². The topological polar surface area (TPSA) is 66.2 Å². The molecule has 0 unspecified atom stereocenters. The van der Waals surface area contributed by atoms with E-state index in [1.165, 1.54) is 12.7 Å². The highest BCUT2D eigenvalue weighted by atomic mass is 79.9. The van der Waals surface area contributed by atoms with E-state index in [4.69, 9.17) is 14.6 Å². The number of aryl methyl sites for hydroxylation is 2. The third-order valence-corrected chi connectivity index (χ3v) is 6.57. The molecule has 7 heteroatoms. The van der Waals surface area contributed by atoms with Crippen molar-refractivity contribution >= 4 is 21.9 Å². The Bertz CT molecular complexity index is 1080. The molecular formula is C27H34BrN3O3. The second-order valence-electron chi connectivity index (χ2n) is 8.30. The average Bonchev–Trinajstić information content (AvgIpc) is 3.27. The standard InChI is InChI=1S/C27H34BrN3O3/c1-5-19(6-2)26-22(18-31(30-26)24-14-13-23(28)17-29-24)12-9-15-34-27-20(7-3)10-8-11-21(27)16-25(32)33-4/h8,10-11,13-14,17-19H,5-7,9,12,15-16H2,1-4H3. The summed E-state index contributed by atoms with van der Waals surface area (Å²) in [5.74, 6) is 1.77. The number of benzene rings is 1. The van der Waals surface area contributed by atoms with E-state index in [9.17, 15) is 4.79 Å². The number of methoxy groups -OCH3 is 1. The van der Waals surface area contributed by atoms with Gasteiger partial charge in [0.15, 0.2) is 5.82 Å². The molecule has 1 aromatic carbocycles. The lowest BCUT2D eigenvalue weighted by molar-refractivity contribution is -0.139. The Morgan fingerprint density at radius 2 is 1.85 bits per heavy atom.